The largest absolute Gasteiger partial charge is 0.494 e. The Morgan fingerprint density at radius 3 is 1.69 bits per heavy atom. The van der Waals surface area contributed by atoms with E-state index in [1.165, 1.54) is 0 Å². The first-order valence-corrected chi connectivity index (χ1v) is 14.7. The maximum Gasteiger partial charge on any atom is 0.341 e. The smallest absolute Gasteiger partial charge is 0.341 e. The average Bonchev–Trinajstić information content (AvgIpc) is 3.04. The molecule has 7 heteroatoms. The van der Waals surface area contributed by atoms with Gasteiger partial charge in [0.1, 0.15) is 23.9 Å². The molecular formula is C38H36N2O5. The Bertz CT molecular complexity index is 1720. The molecule has 0 unspecified atom stereocenters. The second-order valence-electron chi connectivity index (χ2n) is 10.5. The molecule has 0 aliphatic rings. The molecule has 0 spiro atoms. The molecule has 228 valence electrons. The normalized spacial score (nSPS) is 10.6. The third-order valence-electron chi connectivity index (χ3n) is 7.25. The van der Waals surface area contributed by atoms with Gasteiger partial charge in [-0.05, 0) is 95.3 Å². The summed E-state index contributed by atoms with van der Waals surface area (Å²) in [5, 5.41) is 8.95. The summed E-state index contributed by atoms with van der Waals surface area (Å²) in [4.78, 5) is 10.9. The summed E-state index contributed by atoms with van der Waals surface area (Å²) in [6, 6.07) is 37.6. The minimum Gasteiger partial charge on any atom is -0.494 e. The molecule has 0 radical (unpaired) electrons. The minimum atomic E-state index is -1.03. The van der Waals surface area contributed by atoms with Gasteiger partial charge in [-0.25, -0.2) is 4.79 Å². The number of benzene rings is 5. The van der Waals surface area contributed by atoms with Crippen LogP contribution in [0.5, 0.6) is 11.5 Å². The summed E-state index contributed by atoms with van der Waals surface area (Å²) >= 11 is 0. The van der Waals surface area contributed by atoms with Gasteiger partial charge in [-0.1, -0.05) is 72.8 Å². The summed E-state index contributed by atoms with van der Waals surface area (Å²) in [5.74, 6) is 0.748. The molecule has 0 heterocycles. The number of carbonyl (C=O) groups is 1. The van der Waals surface area contributed by atoms with E-state index in [9.17, 15) is 4.79 Å². The van der Waals surface area contributed by atoms with E-state index in [4.69, 9.17) is 30.8 Å². The number of nitrogens with two attached hydrogens (primary N) is 2. The van der Waals surface area contributed by atoms with Crippen LogP contribution < -0.4 is 20.9 Å². The van der Waals surface area contributed by atoms with E-state index in [-0.39, 0.29) is 6.61 Å². The van der Waals surface area contributed by atoms with Crippen molar-refractivity contribution in [3.63, 3.8) is 0 Å². The zero-order valence-corrected chi connectivity index (χ0v) is 25.3. The van der Waals surface area contributed by atoms with E-state index in [0.717, 1.165) is 44.5 Å². The van der Waals surface area contributed by atoms with Crippen LogP contribution >= 0.6 is 0 Å². The highest BCUT2D eigenvalue weighted by molar-refractivity contribution is 5.84. The molecule has 0 aliphatic heterocycles. The van der Waals surface area contributed by atoms with E-state index >= 15 is 0 Å². The maximum absolute atomic E-state index is 10.9. The Labute approximate surface area is 263 Å². The summed E-state index contributed by atoms with van der Waals surface area (Å²) < 4.78 is 17.8. The fourth-order valence-electron chi connectivity index (χ4n) is 5.11. The molecule has 0 fully saturated rings. The van der Waals surface area contributed by atoms with Crippen molar-refractivity contribution in [2.75, 3.05) is 31.3 Å². The standard InChI is InChI=1S/C38H36N2O5/c1-3-43-36(23-44-34-18-19-35(25(2)20-34)45-24-37(41)42)38(28-14-10-26(11-15-28)30-6-4-8-32(39)21-30)29-16-12-27(13-17-29)31-7-5-9-33(40)22-31/h4-22H,3,23-24,39-40H2,1-2H3,(H,41,42). The highest BCUT2D eigenvalue weighted by Gasteiger charge is 2.16. The van der Waals surface area contributed by atoms with E-state index in [1.807, 2.05) is 68.4 Å². The molecule has 5 aromatic rings. The van der Waals surface area contributed by atoms with E-state index in [0.29, 0.717) is 35.2 Å². The van der Waals surface area contributed by atoms with Crippen LogP contribution in [-0.2, 0) is 9.53 Å². The van der Waals surface area contributed by atoms with Gasteiger partial charge < -0.3 is 30.8 Å². The molecule has 0 bridgehead atoms. The monoisotopic (exact) mass is 600 g/mol. The van der Waals surface area contributed by atoms with Crippen molar-refractivity contribution in [3.05, 3.63) is 138 Å². The highest BCUT2D eigenvalue weighted by atomic mass is 16.5. The lowest BCUT2D eigenvalue weighted by Gasteiger charge is -2.19. The molecule has 5 N–H and O–H groups in total. The Hall–Kier alpha value is -5.69. The maximum atomic E-state index is 10.9. The van der Waals surface area contributed by atoms with Crippen LogP contribution in [0.1, 0.15) is 23.6 Å². The third kappa shape index (κ3) is 7.83. The number of carboxylic acids is 1. The van der Waals surface area contributed by atoms with Crippen LogP contribution in [0.2, 0.25) is 0 Å². The average molecular weight is 601 g/mol. The molecule has 7 nitrogen and oxygen atoms in total. The predicted molar refractivity (Wildman–Crippen MR) is 180 cm³/mol. The van der Waals surface area contributed by atoms with Gasteiger partial charge in [0.2, 0.25) is 0 Å². The summed E-state index contributed by atoms with van der Waals surface area (Å²) in [6.45, 7) is 4.01. The van der Waals surface area contributed by atoms with Crippen LogP contribution in [0.3, 0.4) is 0 Å². The Balaban J connectivity index is 1.51. The number of nitrogen functional groups attached to an aromatic ring is 2. The predicted octanol–water partition coefficient (Wildman–Crippen LogP) is 7.83. The van der Waals surface area contributed by atoms with Gasteiger partial charge in [0.15, 0.2) is 6.61 Å². The number of aryl methyl sites for hydroxylation is 1. The van der Waals surface area contributed by atoms with Crippen molar-refractivity contribution in [1.82, 2.24) is 0 Å². The molecule has 0 aliphatic carbocycles. The lowest BCUT2D eigenvalue weighted by atomic mass is 9.93. The van der Waals surface area contributed by atoms with E-state index < -0.39 is 12.6 Å². The van der Waals surface area contributed by atoms with Gasteiger partial charge in [-0.3, -0.25) is 0 Å². The number of aliphatic carboxylic acids is 1. The van der Waals surface area contributed by atoms with Crippen molar-refractivity contribution >= 4 is 22.9 Å². The molecular weight excluding hydrogens is 564 g/mol. The van der Waals surface area contributed by atoms with Crippen LogP contribution in [0.4, 0.5) is 11.4 Å². The summed E-state index contributed by atoms with van der Waals surface area (Å²) in [6.07, 6.45) is 0. The van der Waals surface area contributed by atoms with Crippen LogP contribution in [0.25, 0.3) is 27.8 Å². The Morgan fingerprint density at radius 2 is 1.22 bits per heavy atom. The lowest BCUT2D eigenvalue weighted by molar-refractivity contribution is -0.139. The number of hydrogen-bond donors (Lipinski definition) is 3. The molecule has 0 aromatic heterocycles. The zero-order valence-electron chi connectivity index (χ0n) is 25.3. The van der Waals surface area contributed by atoms with Crippen molar-refractivity contribution in [2.24, 2.45) is 0 Å². The number of rotatable bonds is 12. The molecule has 5 rings (SSSR count). The van der Waals surface area contributed by atoms with Gasteiger partial charge in [0, 0.05) is 16.9 Å². The number of ether oxygens (including phenoxy) is 3. The van der Waals surface area contributed by atoms with E-state index in [1.54, 1.807) is 12.1 Å². The second kappa shape index (κ2) is 14.2. The minimum absolute atomic E-state index is 0.173. The quantitative estimate of drug-likeness (QED) is 0.0987. The van der Waals surface area contributed by atoms with Gasteiger partial charge in [0.05, 0.1) is 6.61 Å². The van der Waals surface area contributed by atoms with Crippen molar-refractivity contribution in [3.8, 4) is 33.8 Å². The van der Waals surface area contributed by atoms with Crippen LogP contribution in [0, 0.1) is 6.92 Å². The summed E-state index contributed by atoms with van der Waals surface area (Å²) in [5.41, 5.74) is 21.3. The van der Waals surface area contributed by atoms with Crippen LogP contribution in [-0.4, -0.2) is 30.9 Å². The van der Waals surface area contributed by atoms with Crippen molar-refractivity contribution < 1.29 is 24.1 Å². The van der Waals surface area contributed by atoms with E-state index in [2.05, 4.69) is 48.5 Å². The number of hydrogen-bond acceptors (Lipinski definition) is 6. The first kappa shape index (κ1) is 30.8. The van der Waals surface area contributed by atoms with Gasteiger partial charge in [-0.15, -0.1) is 0 Å². The fraction of sp³-hybridized carbons (Fsp3) is 0.132. The topological polar surface area (TPSA) is 117 Å². The van der Waals surface area contributed by atoms with Gasteiger partial charge in [0.25, 0.3) is 0 Å². The highest BCUT2D eigenvalue weighted by Crippen LogP contribution is 2.33. The van der Waals surface area contributed by atoms with Crippen molar-refractivity contribution in [1.29, 1.82) is 0 Å². The molecule has 0 atom stereocenters. The fourth-order valence-corrected chi connectivity index (χ4v) is 5.11. The summed E-state index contributed by atoms with van der Waals surface area (Å²) in [7, 11) is 0. The van der Waals surface area contributed by atoms with Gasteiger partial charge in [-0.2, -0.15) is 0 Å². The molecule has 0 saturated carbocycles. The second-order valence-corrected chi connectivity index (χ2v) is 10.5. The Morgan fingerprint density at radius 1 is 0.667 bits per heavy atom. The lowest BCUT2D eigenvalue weighted by Crippen LogP contribution is -2.11. The number of anilines is 2. The Kier molecular flexibility index (Phi) is 9.70. The zero-order chi connectivity index (χ0) is 31.8. The first-order chi connectivity index (χ1) is 21.8. The molecule has 5 aromatic carbocycles. The van der Waals surface area contributed by atoms with Crippen LogP contribution in [0.15, 0.2) is 121 Å². The first-order valence-electron chi connectivity index (χ1n) is 14.7. The van der Waals surface area contributed by atoms with Crippen molar-refractivity contribution in [2.45, 2.75) is 13.8 Å². The molecule has 0 amide bonds. The van der Waals surface area contributed by atoms with Gasteiger partial charge >= 0.3 is 5.97 Å². The molecule has 45 heavy (non-hydrogen) atoms. The SMILES string of the molecule is CCOC(COc1ccc(OCC(=O)O)c(C)c1)=C(c1ccc(-c2cccc(N)c2)cc1)c1ccc(-c2cccc(N)c2)cc1. The third-order valence-corrected chi connectivity index (χ3v) is 7.25. The number of carboxylic acid groups (broad SMARTS) is 1. The molecule has 0 saturated heterocycles.